The van der Waals surface area contributed by atoms with Crippen molar-refractivity contribution in [3.63, 3.8) is 0 Å². The second-order valence-electron chi connectivity index (χ2n) is 4.62. The first-order chi connectivity index (χ1) is 9.08. The van der Waals surface area contributed by atoms with Crippen LogP contribution >= 0.6 is 0 Å². The molecule has 0 aliphatic heterocycles. The minimum Gasteiger partial charge on any atom is -0.507 e. The third-order valence-electron chi connectivity index (χ3n) is 3.26. The maximum Gasteiger partial charge on any atom is 0.151 e. The van der Waals surface area contributed by atoms with Crippen molar-refractivity contribution in [1.29, 1.82) is 0 Å². The van der Waals surface area contributed by atoms with Crippen LogP contribution in [-0.4, -0.2) is 14.7 Å². The fraction of sp³-hybridized carbons (Fsp3) is 0.133. The molecule has 0 atom stereocenters. The molecular weight excluding hydrogens is 243 g/mol. The molecular formula is C15H13FN2O. The Morgan fingerprint density at radius 1 is 1.21 bits per heavy atom. The van der Waals surface area contributed by atoms with E-state index in [0.29, 0.717) is 22.4 Å². The Balaban J connectivity index is 2.31. The molecule has 0 bridgehead atoms. The van der Waals surface area contributed by atoms with Gasteiger partial charge < -0.3 is 9.67 Å². The fourth-order valence-electron chi connectivity index (χ4n) is 2.25. The second-order valence-corrected chi connectivity index (χ2v) is 4.62. The van der Waals surface area contributed by atoms with Gasteiger partial charge in [0.15, 0.2) is 5.82 Å². The average molecular weight is 256 g/mol. The number of aromatic hydroxyl groups is 1. The third kappa shape index (κ3) is 1.76. The second kappa shape index (κ2) is 4.09. The van der Waals surface area contributed by atoms with Crippen LogP contribution in [0.2, 0.25) is 0 Å². The summed E-state index contributed by atoms with van der Waals surface area (Å²) in [5.74, 6) is 0.349. The molecule has 2 aromatic carbocycles. The van der Waals surface area contributed by atoms with Gasteiger partial charge >= 0.3 is 0 Å². The third-order valence-corrected chi connectivity index (χ3v) is 3.26. The molecule has 0 saturated carbocycles. The van der Waals surface area contributed by atoms with Gasteiger partial charge in [0, 0.05) is 7.05 Å². The first-order valence-electron chi connectivity index (χ1n) is 5.99. The van der Waals surface area contributed by atoms with E-state index in [4.69, 9.17) is 0 Å². The van der Waals surface area contributed by atoms with Crippen LogP contribution in [0.25, 0.3) is 22.4 Å². The van der Waals surface area contributed by atoms with Gasteiger partial charge in [0.05, 0.1) is 11.1 Å². The molecule has 3 rings (SSSR count). The molecule has 0 aliphatic rings. The van der Waals surface area contributed by atoms with E-state index >= 15 is 0 Å². The van der Waals surface area contributed by atoms with Crippen molar-refractivity contribution >= 4 is 11.0 Å². The lowest BCUT2D eigenvalue weighted by atomic mass is 10.1. The molecule has 0 spiro atoms. The number of nitrogens with zero attached hydrogens (tertiary/aromatic N) is 2. The molecule has 0 unspecified atom stereocenters. The first-order valence-corrected chi connectivity index (χ1v) is 5.99. The van der Waals surface area contributed by atoms with Crippen molar-refractivity contribution in [3.05, 3.63) is 47.8 Å². The predicted molar refractivity (Wildman–Crippen MR) is 72.5 cm³/mol. The van der Waals surface area contributed by atoms with Gasteiger partial charge in [0.25, 0.3) is 0 Å². The number of aryl methyl sites for hydroxylation is 2. The van der Waals surface area contributed by atoms with E-state index in [-0.39, 0.29) is 11.6 Å². The number of phenols is 1. The first kappa shape index (κ1) is 11.7. The summed E-state index contributed by atoms with van der Waals surface area (Å²) < 4.78 is 15.5. The number of hydrogen-bond donors (Lipinski definition) is 1. The smallest absolute Gasteiger partial charge is 0.151 e. The number of imidazole rings is 1. The van der Waals surface area contributed by atoms with Gasteiger partial charge in [0.2, 0.25) is 0 Å². The van der Waals surface area contributed by atoms with Crippen molar-refractivity contribution < 1.29 is 9.50 Å². The Labute approximate surface area is 109 Å². The molecule has 0 saturated heterocycles. The van der Waals surface area contributed by atoms with Crippen molar-refractivity contribution in [2.75, 3.05) is 0 Å². The Hall–Kier alpha value is -2.36. The molecule has 96 valence electrons. The van der Waals surface area contributed by atoms with Crippen LogP contribution in [0.5, 0.6) is 5.75 Å². The summed E-state index contributed by atoms with van der Waals surface area (Å²) >= 11 is 0. The number of phenolic OH excluding ortho intramolecular Hbond substituents is 1. The maximum absolute atomic E-state index is 13.7. The van der Waals surface area contributed by atoms with Crippen molar-refractivity contribution in [1.82, 2.24) is 9.55 Å². The highest BCUT2D eigenvalue weighted by Crippen LogP contribution is 2.31. The van der Waals surface area contributed by atoms with Crippen LogP contribution in [0.15, 0.2) is 36.4 Å². The maximum atomic E-state index is 13.7. The van der Waals surface area contributed by atoms with Gasteiger partial charge in [-0.15, -0.1) is 0 Å². The number of rotatable bonds is 1. The number of halogens is 1. The molecule has 0 radical (unpaired) electrons. The van der Waals surface area contributed by atoms with E-state index in [9.17, 15) is 9.50 Å². The zero-order chi connectivity index (χ0) is 13.6. The summed E-state index contributed by atoms with van der Waals surface area (Å²) in [5, 5.41) is 10.0. The number of fused-ring (bicyclic) bond motifs is 1. The number of hydrogen-bond acceptors (Lipinski definition) is 2. The van der Waals surface area contributed by atoms with Crippen molar-refractivity contribution in [2.24, 2.45) is 7.05 Å². The number of aromatic nitrogens is 2. The van der Waals surface area contributed by atoms with Gasteiger partial charge in [-0.3, -0.25) is 0 Å². The summed E-state index contributed by atoms with van der Waals surface area (Å²) in [6.07, 6.45) is 0. The highest BCUT2D eigenvalue weighted by molar-refractivity contribution is 5.82. The van der Waals surface area contributed by atoms with E-state index in [1.54, 1.807) is 28.8 Å². The molecule has 4 heteroatoms. The summed E-state index contributed by atoms with van der Waals surface area (Å²) in [5.41, 5.74) is 2.59. The van der Waals surface area contributed by atoms with E-state index in [2.05, 4.69) is 4.98 Å². The monoisotopic (exact) mass is 256 g/mol. The predicted octanol–water partition coefficient (Wildman–Crippen LogP) is 3.39. The Bertz CT molecular complexity index is 777. The zero-order valence-electron chi connectivity index (χ0n) is 10.7. The topological polar surface area (TPSA) is 38.0 Å². The van der Waals surface area contributed by atoms with E-state index in [1.807, 2.05) is 20.0 Å². The minimum absolute atomic E-state index is 0.152. The normalized spacial score (nSPS) is 11.1. The molecule has 1 heterocycles. The molecule has 3 aromatic rings. The Morgan fingerprint density at radius 3 is 2.68 bits per heavy atom. The van der Waals surface area contributed by atoms with Gasteiger partial charge in [-0.1, -0.05) is 12.1 Å². The molecule has 1 aromatic heterocycles. The standard InChI is InChI=1S/C15H13FN2O/c1-9-6-7-10(13(19)8-9)15-17-14-11(16)4-3-5-12(14)18(15)2/h3-8,19H,1-2H3. The molecule has 3 nitrogen and oxygen atoms in total. The molecule has 0 fully saturated rings. The number of para-hydroxylation sites is 1. The van der Waals surface area contributed by atoms with Crippen LogP contribution in [0.3, 0.4) is 0 Å². The van der Waals surface area contributed by atoms with E-state index < -0.39 is 0 Å². The van der Waals surface area contributed by atoms with Crippen LogP contribution < -0.4 is 0 Å². The van der Waals surface area contributed by atoms with Gasteiger partial charge in [-0.2, -0.15) is 0 Å². The zero-order valence-corrected chi connectivity index (χ0v) is 10.7. The van der Waals surface area contributed by atoms with Crippen LogP contribution in [0.4, 0.5) is 4.39 Å². The molecule has 19 heavy (non-hydrogen) atoms. The lowest BCUT2D eigenvalue weighted by Crippen LogP contribution is -1.93. The van der Waals surface area contributed by atoms with E-state index in [0.717, 1.165) is 5.56 Å². The highest BCUT2D eigenvalue weighted by atomic mass is 19.1. The van der Waals surface area contributed by atoms with Crippen LogP contribution in [0, 0.1) is 12.7 Å². The summed E-state index contributed by atoms with van der Waals surface area (Å²) in [6, 6.07) is 10.2. The minimum atomic E-state index is -0.356. The van der Waals surface area contributed by atoms with Crippen molar-refractivity contribution in [3.8, 4) is 17.1 Å². The van der Waals surface area contributed by atoms with Crippen molar-refractivity contribution in [2.45, 2.75) is 6.92 Å². The molecule has 1 N–H and O–H groups in total. The summed E-state index contributed by atoms with van der Waals surface area (Å²) in [4.78, 5) is 4.30. The van der Waals surface area contributed by atoms with Gasteiger partial charge in [-0.25, -0.2) is 9.37 Å². The highest BCUT2D eigenvalue weighted by Gasteiger charge is 2.15. The Kier molecular flexibility index (Phi) is 2.52. The quantitative estimate of drug-likeness (QED) is 0.724. The SMILES string of the molecule is Cc1ccc(-c2nc3c(F)cccc3n2C)c(O)c1. The lowest BCUT2D eigenvalue weighted by molar-refractivity contribution is 0.476. The van der Waals surface area contributed by atoms with Gasteiger partial charge in [0.1, 0.15) is 17.1 Å². The summed E-state index contributed by atoms with van der Waals surface area (Å²) in [6.45, 7) is 1.90. The number of benzene rings is 2. The largest absolute Gasteiger partial charge is 0.507 e. The van der Waals surface area contributed by atoms with E-state index in [1.165, 1.54) is 6.07 Å². The van der Waals surface area contributed by atoms with Crippen LogP contribution in [-0.2, 0) is 7.05 Å². The fourth-order valence-corrected chi connectivity index (χ4v) is 2.25. The molecule has 0 aliphatic carbocycles. The van der Waals surface area contributed by atoms with Crippen LogP contribution in [0.1, 0.15) is 5.56 Å². The lowest BCUT2D eigenvalue weighted by Gasteiger charge is -2.05. The average Bonchev–Trinajstić information content (AvgIpc) is 2.69. The molecule has 0 amide bonds. The summed E-state index contributed by atoms with van der Waals surface area (Å²) in [7, 11) is 1.81. The Morgan fingerprint density at radius 2 is 2.00 bits per heavy atom. The van der Waals surface area contributed by atoms with Gasteiger partial charge in [-0.05, 0) is 36.8 Å².